The van der Waals surface area contributed by atoms with Crippen molar-refractivity contribution in [2.24, 2.45) is 5.41 Å². The van der Waals surface area contributed by atoms with E-state index in [1.807, 2.05) is 0 Å². The zero-order valence-corrected chi connectivity index (χ0v) is 17.3. The van der Waals surface area contributed by atoms with E-state index in [-0.39, 0.29) is 9.85 Å². The van der Waals surface area contributed by atoms with Gasteiger partial charge in [-0.2, -0.15) is 0 Å². The SMILES string of the molecule is COc1ccc([C@H]2[NH2+][C@@H](c3ccc(OC)cc3)[C@@H]([N+](=O)[O-])C(C)(C)[C@H]2[N+](=O)[O-])cc1. The van der Waals surface area contributed by atoms with Gasteiger partial charge in [-0.3, -0.25) is 20.2 Å². The summed E-state index contributed by atoms with van der Waals surface area (Å²) in [6.07, 6.45) is 0. The second-order valence-electron chi connectivity index (χ2n) is 8.07. The molecule has 0 saturated carbocycles. The Morgan fingerprint density at radius 2 is 1.10 bits per heavy atom. The van der Waals surface area contributed by atoms with E-state index < -0.39 is 29.6 Å². The lowest BCUT2D eigenvalue weighted by atomic mass is 9.66. The summed E-state index contributed by atoms with van der Waals surface area (Å²) in [6.45, 7) is 3.24. The zero-order valence-electron chi connectivity index (χ0n) is 17.3. The van der Waals surface area contributed by atoms with Gasteiger partial charge in [0.25, 0.3) is 12.1 Å². The third-order valence-corrected chi connectivity index (χ3v) is 6.08. The van der Waals surface area contributed by atoms with Crippen LogP contribution >= 0.6 is 0 Å². The Kier molecular flexibility index (Phi) is 5.93. The monoisotopic (exact) mass is 416 g/mol. The first-order valence-electron chi connectivity index (χ1n) is 9.60. The van der Waals surface area contributed by atoms with Crippen LogP contribution in [0, 0.1) is 25.6 Å². The minimum atomic E-state index is -1.20. The number of quaternary nitrogens is 1. The van der Waals surface area contributed by atoms with Crippen molar-refractivity contribution in [3.05, 3.63) is 79.9 Å². The van der Waals surface area contributed by atoms with Crippen LogP contribution in [0.2, 0.25) is 0 Å². The van der Waals surface area contributed by atoms with Crippen molar-refractivity contribution >= 4 is 0 Å². The molecule has 9 heteroatoms. The maximum Gasteiger partial charge on any atom is 0.279 e. The summed E-state index contributed by atoms with van der Waals surface area (Å²) >= 11 is 0. The molecule has 3 rings (SSSR count). The lowest BCUT2D eigenvalue weighted by Crippen LogP contribution is -2.96. The Hall–Kier alpha value is -3.20. The van der Waals surface area contributed by atoms with E-state index in [4.69, 9.17) is 9.47 Å². The van der Waals surface area contributed by atoms with Crippen molar-refractivity contribution in [2.45, 2.75) is 38.0 Å². The highest BCUT2D eigenvalue weighted by Crippen LogP contribution is 2.43. The number of ether oxygens (including phenoxy) is 2. The van der Waals surface area contributed by atoms with E-state index in [0.717, 1.165) is 11.1 Å². The number of hydrogen-bond acceptors (Lipinski definition) is 6. The molecule has 160 valence electrons. The van der Waals surface area contributed by atoms with Gasteiger partial charge in [-0.15, -0.1) is 0 Å². The molecule has 1 aliphatic rings. The van der Waals surface area contributed by atoms with Gasteiger partial charge in [0, 0.05) is 21.0 Å². The van der Waals surface area contributed by atoms with E-state index >= 15 is 0 Å². The zero-order chi connectivity index (χ0) is 22.1. The van der Waals surface area contributed by atoms with Gasteiger partial charge in [0.1, 0.15) is 16.9 Å². The Bertz CT molecular complexity index is 840. The number of nitro groups is 2. The summed E-state index contributed by atoms with van der Waals surface area (Å²) in [5.74, 6) is 1.28. The fourth-order valence-corrected chi connectivity index (χ4v) is 4.58. The van der Waals surface area contributed by atoms with E-state index in [0.29, 0.717) is 11.5 Å². The predicted molar refractivity (Wildman–Crippen MR) is 109 cm³/mol. The molecule has 1 saturated heterocycles. The molecule has 0 spiro atoms. The number of piperidine rings is 1. The largest absolute Gasteiger partial charge is 0.497 e. The van der Waals surface area contributed by atoms with Crippen LogP contribution in [0.4, 0.5) is 0 Å². The first-order chi connectivity index (χ1) is 14.2. The van der Waals surface area contributed by atoms with Crippen molar-refractivity contribution in [1.29, 1.82) is 0 Å². The molecule has 4 atom stereocenters. The van der Waals surface area contributed by atoms with E-state index in [1.54, 1.807) is 81.9 Å². The van der Waals surface area contributed by atoms with Crippen LogP contribution in [0.5, 0.6) is 11.5 Å². The number of rotatable bonds is 6. The van der Waals surface area contributed by atoms with Gasteiger partial charge in [0.15, 0.2) is 12.1 Å². The predicted octanol–water partition coefficient (Wildman–Crippen LogP) is 2.38. The molecule has 0 aliphatic carbocycles. The molecule has 2 aromatic rings. The van der Waals surface area contributed by atoms with Crippen LogP contribution in [0.1, 0.15) is 37.1 Å². The molecule has 2 aromatic carbocycles. The lowest BCUT2D eigenvalue weighted by Gasteiger charge is -2.41. The molecule has 0 aromatic heterocycles. The van der Waals surface area contributed by atoms with Gasteiger partial charge in [0.2, 0.25) is 0 Å². The first-order valence-corrected chi connectivity index (χ1v) is 9.60. The molecule has 0 radical (unpaired) electrons. The minimum absolute atomic E-state index is 0.383. The highest BCUT2D eigenvalue weighted by Gasteiger charge is 2.65. The van der Waals surface area contributed by atoms with Crippen molar-refractivity contribution in [3.63, 3.8) is 0 Å². The van der Waals surface area contributed by atoms with Gasteiger partial charge < -0.3 is 14.8 Å². The highest BCUT2D eigenvalue weighted by atomic mass is 16.6. The quantitative estimate of drug-likeness (QED) is 0.570. The molecular formula is C21H26N3O6+. The van der Waals surface area contributed by atoms with Gasteiger partial charge in [-0.25, -0.2) is 0 Å². The molecule has 1 heterocycles. The molecule has 1 aliphatic heterocycles. The number of nitrogens with two attached hydrogens (primary N) is 1. The number of hydrogen-bond donors (Lipinski definition) is 1. The molecule has 1 fully saturated rings. The van der Waals surface area contributed by atoms with Crippen molar-refractivity contribution in [1.82, 2.24) is 0 Å². The Balaban J connectivity index is 2.11. The van der Waals surface area contributed by atoms with Crippen molar-refractivity contribution in [3.8, 4) is 11.5 Å². The first kappa shape index (κ1) is 21.5. The fourth-order valence-electron chi connectivity index (χ4n) is 4.58. The van der Waals surface area contributed by atoms with Crippen LogP contribution in [0.3, 0.4) is 0 Å². The maximum atomic E-state index is 12.1. The normalized spacial score (nSPS) is 25.3. The summed E-state index contributed by atoms with van der Waals surface area (Å²) in [4.78, 5) is 23.4. The van der Waals surface area contributed by atoms with Gasteiger partial charge in [0.05, 0.1) is 14.2 Å². The third-order valence-electron chi connectivity index (χ3n) is 6.08. The molecule has 0 bridgehead atoms. The molecule has 9 nitrogen and oxygen atoms in total. The smallest absolute Gasteiger partial charge is 0.279 e. The summed E-state index contributed by atoms with van der Waals surface area (Å²) in [6, 6.07) is 10.6. The summed E-state index contributed by atoms with van der Waals surface area (Å²) in [5.41, 5.74) is 0.258. The van der Waals surface area contributed by atoms with Crippen LogP contribution < -0.4 is 14.8 Å². The molecule has 0 unspecified atom stereocenters. The molecule has 2 N–H and O–H groups in total. The Morgan fingerprint density at radius 1 is 0.767 bits per heavy atom. The van der Waals surface area contributed by atoms with Crippen molar-refractivity contribution in [2.75, 3.05) is 14.2 Å². The molecule has 0 amide bonds. The third kappa shape index (κ3) is 3.80. The molecule has 30 heavy (non-hydrogen) atoms. The van der Waals surface area contributed by atoms with Crippen LogP contribution in [0.25, 0.3) is 0 Å². The van der Waals surface area contributed by atoms with Gasteiger partial charge in [-0.1, -0.05) is 0 Å². The van der Waals surface area contributed by atoms with Gasteiger partial charge in [-0.05, 0) is 62.4 Å². The summed E-state index contributed by atoms with van der Waals surface area (Å²) in [5, 5.41) is 25.9. The van der Waals surface area contributed by atoms with Crippen LogP contribution in [-0.4, -0.2) is 36.1 Å². The van der Waals surface area contributed by atoms with E-state index in [1.165, 1.54) is 0 Å². The Morgan fingerprint density at radius 3 is 1.37 bits per heavy atom. The lowest BCUT2D eigenvalue weighted by molar-refractivity contribution is -0.818. The number of benzene rings is 2. The topological polar surface area (TPSA) is 121 Å². The number of methoxy groups -OCH3 is 2. The van der Waals surface area contributed by atoms with E-state index in [2.05, 4.69) is 0 Å². The second kappa shape index (κ2) is 8.27. The van der Waals surface area contributed by atoms with E-state index in [9.17, 15) is 20.2 Å². The summed E-state index contributed by atoms with van der Waals surface area (Å²) in [7, 11) is 3.10. The second-order valence-corrected chi connectivity index (χ2v) is 8.07. The summed E-state index contributed by atoms with van der Waals surface area (Å²) < 4.78 is 10.4. The highest BCUT2D eigenvalue weighted by molar-refractivity contribution is 5.32. The fraction of sp³-hybridized carbons (Fsp3) is 0.429. The van der Waals surface area contributed by atoms with Crippen LogP contribution in [-0.2, 0) is 0 Å². The average molecular weight is 416 g/mol. The Labute approximate surface area is 174 Å². The van der Waals surface area contributed by atoms with Gasteiger partial charge >= 0.3 is 0 Å². The number of nitrogens with zero attached hydrogens (tertiary/aromatic N) is 2. The minimum Gasteiger partial charge on any atom is -0.497 e. The standard InChI is InChI=1S/C21H25N3O6/c1-21(2)19(23(25)26)17(13-5-9-15(29-3)10-6-13)22-18(20(21)24(27)28)14-7-11-16(30-4)12-8-14/h5-12,17-20,22H,1-4H3/p+1/t17-,18+,19+,20-. The van der Waals surface area contributed by atoms with Crippen molar-refractivity contribution < 1.29 is 24.6 Å². The maximum absolute atomic E-state index is 12.1. The average Bonchev–Trinajstić information content (AvgIpc) is 2.71. The van der Waals surface area contributed by atoms with Crippen LogP contribution in [0.15, 0.2) is 48.5 Å². The molecular weight excluding hydrogens is 390 g/mol.